The fourth-order valence-corrected chi connectivity index (χ4v) is 3.27. The van der Waals surface area contributed by atoms with Gasteiger partial charge in [0.05, 0.1) is 5.69 Å². The zero-order valence-corrected chi connectivity index (χ0v) is 13.4. The maximum absolute atomic E-state index is 5.99. The second-order valence-corrected chi connectivity index (χ2v) is 6.19. The third kappa shape index (κ3) is 3.19. The Bertz CT molecular complexity index is 570. The first-order valence-electron chi connectivity index (χ1n) is 6.96. The number of hydrogen-bond acceptors (Lipinski definition) is 4. The van der Waals surface area contributed by atoms with Gasteiger partial charge in [-0.2, -0.15) is 0 Å². The van der Waals surface area contributed by atoms with Crippen LogP contribution in [0.2, 0.25) is 0 Å². The molecule has 0 aliphatic heterocycles. The lowest BCUT2D eigenvalue weighted by Crippen LogP contribution is -2.05. The first-order chi connectivity index (χ1) is 9.52. The predicted octanol–water partition coefficient (Wildman–Crippen LogP) is 3.92. The van der Waals surface area contributed by atoms with Crippen LogP contribution in [0.25, 0.3) is 0 Å². The molecule has 0 aliphatic rings. The lowest BCUT2D eigenvalue weighted by Gasteiger charge is -2.10. The highest BCUT2D eigenvalue weighted by atomic mass is 32.1. The zero-order valence-electron chi connectivity index (χ0n) is 12.6. The van der Waals surface area contributed by atoms with Gasteiger partial charge in [-0.05, 0) is 38.3 Å². The molecule has 1 unspecified atom stereocenters. The molecule has 2 N–H and O–H groups in total. The van der Waals surface area contributed by atoms with Crippen LogP contribution in [-0.2, 0) is 13.0 Å². The topological polar surface area (TPSA) is 48.1 Å². The quantitative estimate of drug-likeness (QED) is 0.908. The highest BCUT2D eigenvalue weighted by molar-refractivity contribution is 7.11. The van der Waals surface area contributed by atoms with E-state index in [1.807, 2.05) is 13.0 Å². The summed E-state index contributed by atoms with van der Waals surface area (Å²) in [5, 5.41) is 0.997. The predicted molar refractivity (Wildman–Crippen MR) is 84.3 cm³/mol. The van der Waals surface area contributed by atoms with Crippen LogP contribution in [0.3, 0.4) is 0 Å². The van der Waals surface area contributed by atoms with E-state index in [1.165, 1.54) is 4.88 Å². The maximum Gasteiger partial charge on any atom is 0.140 e. The van der Waals surface area contributed by atoms with Crippen molar-refractivity contribution in [2.45, 2.75) is 46.8 Å². The van der Waals surface area contributed by atoms with Gasteiger partial charge in [0.15, 0.2) is 0 Å². The monoisotopic (exact) mass is 290 g/mol. The van der Waals surface area contributed by atoms with Crippen LogP contribution in [0, 0.1) is 13.8 Å². The second-order valence-electron chi connectivity index (χ2n) is 5.07. The van der Waals surface area contributed by atoms with Crippen molar-refractivity contribution in [3.8, 4) is 5.75 Å². The van der Waals surface area contributed by atoms with Crippen molar-refractivity contribution in [2.75, 3.05) is 0 Å². The third-order valence-electron chi connectivity index (χ3n) is 3.27. The molecule has 0 amide bonds. The summed E-state index contributed by atoms with van der Waals surface area (Å²) in [6.45, 7) is 8.75. The van der Waals surface area contributed by atoms with Gasteiger partial charge in [-0.1, -0.05) is 25.1 Å². The summed E-state index contributed by atoms with van der Waals surface area (Å²) in [5.74, 6) is 0.961. The molecule has 1 atom stereocenters. The van der Waals surface area contributed by atoms with Gasteiger partial charge in [0.1, 0.15) is 17.4 Å². The molecular formula is C16H22N2OS. The summed E-state index contributed by atoms with van der Waals surface area (Å²) < 4.78 is 5.95. The molecule has 2 aromatic rings. The first kappa shape index (κ1) is 15.0. The molecule has 20 heavy (non-hydrogen) atoms. The van der Waals surface area contributed by atoms with Crippen LogP contribution in [0.4, 0.5) is 0 Å². The second kappa shape index (κ2) is 6.37. The molecule has 2 rings (SSSR count). The molecule has 1 aromatic carbocycles. The van der Waals surface area contributed by atoms with Crippen LogP contribution >= 0.6 is 11.3 Å². The molecule has 1 aromatic heterocycles. The summed E-state index contributed by atoms with van der Waals surface area (Å²) in [4.78, 5) is 5.81. The van der Waals surface area contributed by atoms with Crippen molar-refractivity contribution in [1.82, 2.24) is 4.98 Å². The molecule has 0 aliphatic carbocycles. The van der Waals surface area contributed by atoms with Crippen LogP contribution in [0.1, 0.15) is 46.6 Å². The maximum atomic E-state index is 5.99. The number of para-hydroxylation sites is 1. The Morgan fingerprint density at radius 1 is 1.30 bits per heavy atom. The van der Waals surface area contributed by atoms with Crippen molar-refractivity contribution in [1.29, 1.82) is 0 Å². The van der Waals surface area contributed by atoms with Crippen LogP contribution in [-0.4, -0.2) is 4.98 Å². The largest absolute Gasteiger partial charge is 0.486 e. The van der Waals surface area contributed by atoms with Gasteiger partial charge < -0.3 is 10.5 Å². The number of aryl methyl sites for hydroxylation is 3. The minimum absolute atomic E-state index is 0.0383. The van der Waals surface area contributed by atoms with E-state index in [4.69, 9.17) is 10.5 Å². The van der Waals surface area contributed by atoms with E-state index in [2.05, 4.69) is 37.9 Å². The van der Waals surface area contributed by atoms with Crippen molar-refractivity contribution in [2.24, 2.45) is 5.73 Å². The Hall–Kier alpha value is -1.39. The number of nitrogens with zero attached hydrogens (tertiary/aromatic N) is 1. The van der Waals surface area contributed by atoms with Gasteiger partial charge in [0.2, 0.25) is 0 Å². The van der Waals surface area contributed by atoms with E-state index in [-0.39, 0.29) is 6.04 Å². The molecule has 0 saturated carbocycles. The van der Waals surface area contributed by atoms with Crippen LogP contribution in [0.5, 0.6) is 5.75 Å². The number of aromatic nitrogens is 1. The van der Waals surface area contributed by atoms with Gasteiger partial charge >= 0.3 is 0 Å². The van der Waals surface area contributed by atoms with Gasteiger partial charge in [-0.15, -0.1) is 11.3 Å². The highest BCUT2D eigenvalue weighted by Crippen LogP contribution is 2.27. The zero-order chi connectivity index (χ0) is 14.7. The summed E-state index contributed by atoms with van der Waals surface area (Å²) in [5.41, 5.74) is 9.40. The fourth-order valence-electron chi connectivity index (χ4n) is 2.25. The molecule has 0 fully saturated rings. The van der Waals surface area contributed by atoms with E-state index in [0.717, 1.165) is 34.0 Å². The minimum atomic E-state index is 0.0383. The number of thiazole rings is 1. The number of ether oxygens (including phenoxy) is 1. The van der Waals surface area contributed by atoms with Crippen molar-refractivity contribution < 1.29 is 4.74 Å². The van der Waals surface area contributed by atoms with E-state index >= 15 is 0 Å². The molecule has 0 spiro atoms. The summed E-state index contributed by atoms with van der Waals surface area (Å²) in [6, 6.07) is 6.21. The van der Waals surface area contributed by atoms with E-state index in [9.17, 15) is 0 Å². The SMILES string of the molecule is CCc1nc(COc2c(C)cccc2C)sc1C(C)N. The van der Waals surface area contributed by atoms with Gasteiger partial charge in [0, 0.05) is 10.9 Å². The van der Waals surface area contributed by atoms with E-state index in [1.54, 1.807) is 11.3 Å². The van der Waals surface area contributed by atoms with Crippen molar-refractivity contribution in [3.05, 3.63) is 44.9 Å². The molecular weight excluding hydrogens is 268 g/mol. The number of nitrogens with two attached hydrogens (primary N) is 1. The minimum Gasteiger partial charge on any atom is -0.486 e. The molecule has 0 radical (unpaired) electrons. The Labute approximate surface area is 124 Å². The Balaban J connectivity index is 2.15. The molecule has 108 valence electrons. The average Bonchev–Trinajstić information content (AvgIpc) is 2.81. The Morgan fingerprint density at radius 3 is 2.45 bits per heavy atom. The molecule has 4 heteroatoms. The van der Waals surface area contributed by atoms with Crippen LogP contribution < -0.4 is 10.5 Å². The van der Waals surface area contributed by atoms with Gasteiger partial charge in [-0.3, -0.25) is 0 Å². The normalized spacial score (nSPS) is 12.4. The number of rotatable bonds is 5. The van der Waals surface area contributed by atoms with E-state index < -0.39 is 0 Å². The standard InChI is InChI=1S/C16H22N2OS/c1-5-13-16(12(4)17)20-14(18-13)9-19-15-10(2)7-6-8-11(15)3/h6-8,12H,5,9,17H2,1-4H3. The van der Waals surface area contributed by atoms with Crippen molar-refractivity contribution >= 4 is 11.3 Å². The highest BCUT2D eigenvalue weighted by Gasteiger charge is 2.14. The summed E-state index contributed by atoms with van der Waals surface area (Å²) >= 11 is 1.66. The molecule has 1 heterocycles. The lowest BCUT2D eigenvalue weighted by molar-refractivity contribution is 0.301. The average molecular weight is 290 g/mol. The van der Waals surface area contributed by atoms with Crippen molar-refractivity contribution in [3.63, 3.8) is 0 Å². The molecule has 3 nitrogen and oxygen atoms in total. The summed E-state index contributed by atoms with van der Waals surface area (Å²) in [6.07, 6.45) is 0.913. The van der Waals surface area contributed by atoms with Gasteiger partial charge in [-0.25, -0.2) is 4.98 Å². The lowest BCUT2D eigenvalue weighted by atomic mass is 10.1. The molecule has 0 bridgehead atoms. The third-order valence-corrected chi connectivity index (χ3v) is 4.54. The van der Waals surface area contributed by atoms with Gasteiger partial charge in [0.25, 0.3) is 0 Å². The Morgan fingerprint density at radius 2 is 1.95 bits per heavy atom. The van der Waals surface area contributed by atoms with E-state index in [0.29, 0.717) is 6.61 Å². The number of benzene rings is 1. The van der Waals surface area contributed by atoms with Crippen LogP contribution in [0.15, 0.2) is 18.2 Å². The number of hydrogen-bond donors (Lipinski definition) is 1. The Kier molecular flexibility index (Phi) is 4.78. The fraction of sp³-hybridized carbons (Fsp3) is 0.438. The summed E-state index contributed by atoms with van der Waals surface area (Å²) in [7, 11) is 0. The first-order valence-corrected chi connectivity index (χ1v) is 7.77. The molecule has 0 saturated heterocycles. The smallest absolute Gasteiger partial charge is 0.140 e.